The van der Waals surface area contributed by atoms with Gasteiger partial charge in [-0.15, -0.1) is 0 Å². The first-order valence-electron chi connectivity index (χ1n) is 20.4. The van der Waals surface area contributed by atoms with E-state index in [2.05, 4.69) is 214 Å². The third-order valence-electron chi connectivity index (χ3n) is 12.0. The molecule has 0 aromatic heterocycles. The van der Waals surface area contributed by atoms with E-state index in [1.807, 2.05) is 0 Å². The number of hydrogen-bond donors (Lipinski definition) is 0. The summed E-state index contributed by atoms with van der Waals surface area (Å²) in [7, 11) is 0. The Bertz CT molecular complexity index is 2800. The fourth-order valence-electron chi connectivity index (χ4n) is 9.30. The average molecular weight is 746 g/mol. The van der Waals surface area contributed by atoms with E-state index in [0.29, 0.717) is 0 Å². The van der Waals surface area contributed by atoms with Gasteiger partial charge in [-0.3, -0.25) is 0 Å². The van der Waals surface area contributed by atoms with E-state index in [0.717, 1.165) is 46.9 Å². The molecule has 2 heteroatoms. The van der Waals surface area contributed by atoms with E-state index in [-0.39, 0.29) is 0 Å². The minimum atomic E-state index is -0.498. The van der Waals surface area contributed by atoms with Crippen LogP contribution in [0.2, 0.25) is 0 Å². The molecule has 0 unspecified atom stereocenters. The molecule has 278 valence electrons. The van der Waals surface area contributed by atoms with E-state index in [1.165, 1.54) is 66.8 Å². The first kappa shape index (κ1) is 35.4. The van der Waals surface area contributed by atoms with Gasteiger partial charge in [0.2, 0.25) is 0 Å². The van der Waals surface area contributed by atoms with Crippen molar-refractivity contribution in [3.63, 3.8) is 0 Å². The predicted octanol–water partition coefficient (Wildman–Crippen LogP) is 14.9. The van der Waals surface area contributed by atoms with Gasteiger partial charge in [0.05, 0.1) is 16.8 Å². The SMILES string of the molecule is CCC/C(=C(C)\C(=N/c1ccc2c(c1)Oc1ccccc1C21c2ccccc2-c2ccccc21)c1ccccc1)c1ccc(-c2ccc(-c3ccccc3)cc2)cc1. The zero-order valence-corrected chi connectivity index (χ0v) is 32.8. The number of aliphatic imine (C=N–C) groups is 1. The Morgan fingerprint density at radius 3 is 1.59 bits per heavy atom. The summed E-state index contributed by atoms with van der Waals surface area (Å²) in [4.78, 5) is 5.50. The smallest absolute Gasteiger partial charge is 0.134 e. The van der Waals surface area contributed by atoms with Crippen molar-refractivity contribution < 1.29 is 4.74 Å². The molecule has 0 atom stereocenters. The van der Waals surface area contributed by atoms with Crippen molar-refractivity contribution in [2.75, 3.05) is 0 Å². The second kappa shape index (κ2) is 14.8. The molecule has 0 bridgehead atoms. The maximum Gasteiger partial charge on any atom is 0.134 e. The summed E-state index contributed by atoms with van der Waals surface area (Å²) < 4.78 is 6.83. The minimum absolute atomic E-state index is 0.498. The molecule has 2 aliphatic rings. The monoisotopic (exact) mass is 745 g/mol. The number of ether oxygens (including phenoxy) is 1. The largest absolute Gasteiger partial charge is 0.457 e. The van der Waals surface area contributed by atoms with Crippen LogP contribution in [0.25, 0.3) is 39.0 Å². The molecule has 1 aliphatic carbocycles. The van der Waals surface area contributed by atoms with Crippen molar-refractivity contribution in [2.24, 2.45) is 4.99 Å². The van der Waals surface area contributed by atoms with Crippen molar-refractivity contribution >= 4 is 17.0 Å². The Kier molecular flexibility index (Phi) is 9.03. The van der Waals surface area contributed by atoms with Gasteiger partial charge < -0.3 is 4.74 Å². The Hall–Kier alpha value is -7.03. The first-order valence-corrected chi connectivity index (χ1v) is 20.4. The summed E-state index contributed by atoms with van der Waals surface area (Å²) in [5.74, 6) is 1.71. The van der Waals surface area contributed by atoms with Crippen LogP contribution in [0.4, 0.5) is 5.69 Å². The standard InChI is InChI=1S/C56H43NO/c1-3-16-46(43-33-31-42(32-34-43)41-29-27-40(28-30-41)39-17-6-4-7-18-39)38(2)55(44-19-8-5-9-20-44)57-45-35-36-52-54(37-45)58-53-26-15-14-25-51(53)56(52)49-23-12-10-21-47(49)48-22-11-13-24-50(48)56/h4-15,17-37H,3,16H2,1-2H3/b46-38+,57-55+. The van der Waals surface area contributed by atoms with Crippen LogP contribution in [0.1, 0.15) is 60.1 Å². The molecular formula is C56H43NO. The predicted molar refractivity (Wildman–Crippen MR) is 241 cm³/mol. The summed E-state index contributed by atoms with van der Waals surface area (Å²) >= 11 is 0. The molecule has 0 N–H and O–H groups in total. The third kappa shape index (κ3) is 5.92. The maximum absolute atomic E-state index is 6.83. The Morgan fingerprint density at radius 1 is 0.466 bits per heavy atom. The summed E-state index contributed by atoms with van der Waals surface area (Å²) in [6, 6.07) is 71.9. The lowest BCUT2D eigenvalue weighted by atomic mass is 9.66. The van der Waals surface area contributed by atoms with Crippen molar-refractivity contribution in [1.29, 1.82) is 0 Å². The van der Waals surface area contributed by atoms with Crippen molar-refractivity contribution in [1.82, 2.24) is 0 Å². The lowest BCUT2D eigenvalue weighted by Gasteiger charge is -2.39. The van der Waals surface area contributed by atoms with E-state index < -0.39 is 5.41 Å². The summed E-state index contributed by atoms with van der Waals surface area (Å²) in [5.41, 5.74) is 18.4. The quantitative estimate of drug-likeness (QED) is 0.142. The molecule has 8 aromatic carbocycles. The Labute approximate surface area is 341 Å². The molecule has 0 fully saturated rings. The Balaban J connectivity index is 1.07. The van der Waals surface area contributed by atoms with E-state index in [1.54, 1.807) is 0 Å². The van der Waals surface area contributed by atoms with Gasteiger partial charge in [0.1, 0.15) is 11.5 Å². The van der Waals surface area contributed by atoms with Crippen molar-refractivity contribution in [3.8, 4) is 44.9 Å². The van der Waals surface area contributed by atoms with Crippen molar-refractivity contribution in [2.45, 2.75) is 32.1 Å². The number of para-hydroxylation sites is 1. The van der Waals surface area contributed by atoms with Gasteiger partial charge in [0.25, 0.3) is 0 Å². The van der Waals surface area contributed by atoms with Crippen LogP contribution >= 0.6 is 0 Å². The number of hydrogen-bond acceptors (Lipinski definition) is 2. The molecule has 58 heavy (non-hydrogen) atoms. The molecule has 0 radical (unpaired) electrons. The zero-order chi connectivity index (χ0) is 39.1. The van der Waals surface area contributed by atoms with Crippen LogP contribution < -0.4 is 4.74 Å². The molecule has 1 aliphatic heterocycles. The lowest BCUT2D eigenvalue weighted by molar-refractivity contribution is 0.436. The van der Waals surface area contributed by atoms with Gasteiger partial charge in [-0.25, -0.2) is 4.99 Å². The topological polar surface area (TPSA) is 21.6 Å². The highest BCUT2D eigenvalue weighted by molar-refractivity contribution is 6.17. The number of rotatable bonds is 8. The first-order chi connectivity index (χ1) is 28.6. The van der Waals surface area contributed by atoms with Crippen LogP contribution in [-0.4, -0.2) is 5.71 Å². The van der Waals surface area contributed by atoms with Crippen LogP contribution in [0.15, 0.2) is 211 Å². The van der Waals surface area contributed by atoms with Crippen LogP contribution in [-0.2, 0) is 5.41 Å². The second-order valence-corrected chi connectivity index (χ2v) is 15.3. The lowest BCUT2D eigenvalue weighted by Crippen LogP contribution is -2.32. The molecule has 0 saturated carbocycles. The molecule has 8 aromatic rings. The van der Waals surface area contributed by atoms with Gasteiger partial charge in [-0.2, -0.15) is 0 Å². The maximum atomic E-state index is 6.83. The summed E-state index contributed by atoms with van der Waals surface area (Å²) in [5, 5.41) is 0. The van der Waals surface area contributed by atoms with Crippen molar-refractivity contribution in [3.05, 3.63) is 239 Å². The highest BCUT2D eigenvalue weighted by Gasteiger charge is 2.50. The highest BCUT2D eigenvalue weighted by Crippen LogP contribution is 2.62. The molecule has 0 saturated heterocycles. The number of benzene rings is 8. The number of fused-ring (bicyclic) bond motifs is 9. The molecule has 0 amide bonds. The van der Waals surface area contributed by atoms with Gasteiger partial charge in [-0.1, -0.05) is 195 Å². The average Bonchev–Trinajstić information content (AvgIpc) is 3.58. The molecule has 10 rings (SSSR count). The van der Waals surface area contributed by atoms with E-state index >= 15 is 0 Å². The fraction of sp³-hybridized carbons (Fsp3) is 0.0893. The second-order valence-electron chi connectivity index (χ2n) is 15.3. The van der Waals surface area contributed by atoms with Crippen LogP contribution in [0.5, 0.6) is 11.5 Å². The third-order valence-corrected chi connectivity index (χ3v) is 12.0. The molecular weight excluding hydrogens is 703 g/mol. The summed E-state index contributed by atoms with van der Waals surface area (Å²) in [6.07, 6.45) is 1.96. The van der Waals surface area contributed by atoms with E-state index in [4.69, 9.17) is 9.73 Å². The normalized spacial score (nSPS) is 13.8. The molecule has 1 spiro atoms. The van der Waals surface area contributed by atoms with Gasteiger partial charge in [-0.05, 0) is 86.7 Å². The van der Waals surface area contributed by atoms with Crippen LogP contribution in [0.3, 0.4) is 0 Å². The number of allylic oxidation sites excluding steroid dienone is 2. The Morgan fingerprint density at radius 2 is 0.966 bits per heavy atom. The fourth-order valence-corrected chi connectivity index (χ4v) is 9.30. The molecule has 1 heterocycles. The van der Waals surface area contributed by atoms with Gasteiger partial charge >= 0.3 is 0 Å². The highest BCUT2D eigenvalue weighted by atomic mass is 16.5. The zero-order valence-electron chi connectivity index (χ0n) is 32.8. The minimum Gasteiger partial charge on any atom is -0.457 e. The summed E-state index contributed by atoms with van der Waals surface area (Å²) in [6.45, 7) is 4.49. The van der Waals surface area contributed by atoms with Crippen LogP contribution in [0, 0.1) is 0 Å². The van der Waals surface area contributed by atoms with Gasteiger partial charge in [0.15, 0.2) is 0 Å². The molecule has 2 nitrogen and oxygen atoms in total. The van der Waals surface area contributed by atoms with E-state index in [9.17, 15) is 0 Å². The number of nitrogens with zero attached hydrogens (tertiary/aromatic N) is 1. The van der Waals surface area contributed by atoms with Gasteiger partial charge in [0, 0.05) is 22.8 Å².